The van der Waals surface area contributed by atoms with E-state index in [2.05, 4.69) is 5.10 Å². The molecule has 0 bridgehead atoms. The van der Waals surface area contributed by atoms with Gasteiger partial charge in [-0.25, -0.2) is 8.42 Å². The molecule has 0 aliphatic carbocycles. The van der Waals surface area contributed by atoms with Gasteiger partial charge in [-0.15, -0.1) is 11.6 Å². The Morgan fingerprint density at radius 3 is 2.58 bits per heavy atom. The number of ether oxygens (including phenoxy) is 2. The molecular weight excluding hydrogens is 491 g/mol. The molecule has 1 aliphatic rings. The van der Waals surface area contributed by atoms with Crippen molar-refractivity contribution >= 4 is 38.9 Å². The van der Waals surface area contributed by atoms with Gasteiger partial charge in [0, 0.05) is 43.7 Å². The van der Waals surface area contributed by atoms with Crippen LogP contribution in [0.15, 0.2) is 35.3 Å². The Morgan fingerprint density at radius 2 is 1.91 bits per heavy atom. The normalized spacial score (nSPS) is 15.1. The fourth-order valence-electron chi connectivity index (χ4n) is 3.50. The Hall–Kier alpha value is -1.85. The first-order valence-corrected chi connectivity index (χ1v) is 13.3. The van der Waals surface area contributed by atoms with Crippen LogP contribution in [-0.2, 0) is 14.8 Å². The van der Waals surface area contributed by atoms with Gasteiger partial charge in [0.1, 0.15) is 12.3 Å². The maximum absolute atomic E-state index is 13.3. The maximum Gasteiger partial charge on any atom is 0.316 e. The molecule has 0 N–H and O–H groups in total. The fraction of sp³-hybridized carbons (Fsp3) is 0.524. The first kappa shape index (κ1) is 25.8. The number of hydrogen-bond acceptors (Lipinski definition) is 7. The summed E-state index contributed by atoms with van der Waals surface area (Å²) in [7, 11) is -3.36. The van der Waals surface area contributed by atoms with Gasteiger partial charge in [0.15, 0.2) is 0 Å². The lowest BCUT2D eigenvalue weighted by atomic mass is 10.3. The molecule has 182 valence electrons. The summed E-state index contributed by atoms with van der Waals surface area (Å²) in [6, 6.07) is 6.82. The van der Waals surface area contributed by atoms with Crippen molar-refractivity contribution < 1.29 is 17.9 Å². The van der Waals surface area contributed by atoms with Crippen molar-refractivity contribution in [1.82, 2.24) is 14.1 Å². The molecule has 1 fully saturated rings. The van der Waals surface area contributed by atoms with Gasteiger partial charge in [0.2, 0.25) is 15.8 Å². The number of sulfonamides is 1. The predicted octanol–water partition coefficient (Wildman–Crippen LogP) is 2.38. The molecule has 0 unspecified atom stereocenters. The topological polar surface area (TPSA) is 94.0 Å². The first-order valence-electron chi connectivity index (χ1n) is 10.7. The molecule has 9 nitrogen and oxygen atoms in total. The van der Waals surface area contributed by atoms with Gasteiger partial charge >= 0.3 is 5.56 Å². The molecule has 0 radical (unpaired) electrons. The fourth-order valence-corrected chi connectivity index (χ4v) is 5.47. The molecular formula is C21H28Cl2N4O5S. The van der Waals surface area contributed by atoms with Gasteiger partial charge in [0.25, 0.3) is 0 Å². The molecule has 0 saturated carbocycles. The van der Waals surface area contributed by atoms with E-state index in [-0.39, 0.29) is 18.1 Å². The molecule has 12 heteroatoms. The third kappa shape index (κ3) is 6.60. The molecule has 3 rings (SSSR count). The smallest absolute Gasteiger partial charge is 0.316 e. The lowest BCUT2D eigenvalue weighted by Gasteiger charge is -2.35. The molecule has 1 aromatic carbocycles. The average Bonchev–Trinajstić information content (AvgIpc) is 2.81. The molecule has 0 atom stereocenters. The molecule has 2 heterocycles. The van der Waals surface area contributed by atoms with Crippen LogP contribution in [0.25, 0.3) is 5.69 Å². The summed E-state index contributed by atoms with van der Waals surface area (Å²) in [6.45, 7) is 4.38. The van der Waals surface area contributed by atoms with Crippen LogP contribution in [0.3, 0.4) is 0 Å². The Kier molecular flexibility index (Phi) is 9.39. The van der Waals surface area contributed by atoms with E-state index in [0.717, 1.165) is 0 Å². The van der Waals surface area contributed by atoms with Gasteiger partial charge in [0.05, 0.1) is 24.2 Å². The third-order valence-electron chi connectivity index (χ3n) is 5.15. The van der Waals surface area contributed by atoms with Crippen molar-refractivity contribution in [1.29, 1.82) is 0 Å². The van der Waals surface area contributed by atoms with Gasteiger partial charge in [-0.2, -0.15) is 14.1 Å². The lowest BCUT2D eigenvalue weighted by molar-refractivity contribution is 0.109. The quantitative estimate of drug-likeness (QED) is 0.333. The zero-order valence-electron chi connectivity index (χ0n) is 18.5. The van der Waals surface area contributed by atoms with Gasteiger partial charge < -0.3 is 14.4 Å². The number of alkyl halides is 1. The van der Waals surface area contributed by atoms with E-state index >= 15 is 0 Å². The van der Waals surface area contributed by atoms with Crippen LogP contribution < -0.4 is 15.2 Å². The monoisotopic (exact) mass is 518 g/mol. The Morgan fingerprint density at radius 1 is 1.15 bits per heavy atom. The molecule has 1 aliphatic heterocycles. The van der Waals surface area contributed by atoms with Crippen LogP contribution in [0.2, 0.25) is 5.02 Å². The number of piperazine rings is 1. The second kappa shape index (κ2) is 12.0. The van der Waals surface area contributed by atoms with Crippen LogP contribution in [0.5, 0.6) is 5.75 Å². The van der Waals surface area contributed by atoms with Gasteiger partial charge in [-0.1, -0.05) is 17.7 Å². The van der Waals surface area contributed by atoms with E-state index < -0.39 is 15.6 Å². The molecule has 0 amide bonds. The number of anilines is 1. The van der Waals surface area contributed by atoms with Crippen LogP contribution in [0.1, 0.15) is 13.3 Å². The molecule has 1 saturated heterocycles. The predicted molar refractivity (Wildman–Crippen MR) is 130 cm³/mol. The van der Waals surface area contributed by atoms with Crippen LogP contribution in [0, 0.1) is 0 Å². The molecule has 1 aromatic heterocycles. The average molecular weight is 519 g/mol. The van der Waals surface area contributed by atoms with Crippen LogP contribution in [0.4, 0.5) is 5.69 Å². The van der Waals surface area contributed by atoms with Crippen molar-refractivity contribution in [2.75, 3.05) is 62.5 Å². The number of rotatable bonds is 11. The van der Waals surface area contributed by atoms with E-state index in [1.165, 1.54) is 8.99 Å². The van der Waals surface area contributed by atoms with Gasteiger partial charge in [-0.3, -0.25) is 4.79 Å². The van der Waals surface area contributed by atoms with E-state index in [4.69, 9.17) is 32.7 Å². The van der Waals surface area contributed by atoms with E-state index in [1.807, 2.05) is 11.8 Å². The maximum atomic E-state index is 13.3. The molecule has 2 aromatic rings. The number of halogens is 2. The highest BCUT2D eigenvalue weighted by Gasteiger charge is 2.29. The minimum Gasteiger partial charge on any atom is -0.484 e. The van der Waals surface area contributed by atoms with E-state index in [0.29, 0.717) is 68.1 Å². The van der Waals surface area contributed by atoms with E-state index in [9.17, 15) is 13.2 Å². The third-order valence-corrected chi connectivity index (χ3v) is 7.61. The Balaban J connectivity index is 1.85. The zero-order chi connectivity index (χ0) is 23.8. The molecule has 33 heavy (non-hydrogen) atoms. The minimum absolute atomic E-state index is 0.0273. The summed E-state index contributed by atoms with van der Waals surface area (Å²) >= 11 is 11.7. The number of benzene rings is 1. The summed E-state index contributed by atoms with van der Waals surface area (Å²) in [5.41, 5.74) is 0.611. The number of nitrogens with zero attached hydrogens (tertiary/aromatic N) is 4. The highest BCUT2D eigenvalue weighted by atomic mass is 35.5. The highest BCUT2D eigenvalue weighted by Crippen LogP contribution is 2.26. The second-order valence-electron chi connectivity index (χ2n) is 7.35. The lowest BCUT2D eigenvalue weighted by Crippen LogP contribution is -2.49. The largest absolute Gasteiger partial charge is 0.484 e. The summed E-state index contributed by atoms with van der Waals surface area (Å²) in [5.74, 6) is 0.471. The zero-order valence-corrected chi connectivity index (χ0v) is 20.8. The molecule has 0 spiro atoms. The van der Waals surface area contributed by atoms with Crippen molar-refractivity contribution in [3.05, 3.63) is 45.8 Å². The van der Waals surface area contributed by atoms with Crippen LogP contribution in [-0.4, -0.2) is 80.1 Å². The van der Waals surface area contributed by atoms with Crippen molar-refractivity contribution in [3.63, 3.8) is 0 Å². The first-order chi connectivity index (χ1) is 15.9. The summed E-state index contributed by atoms with van der Waals surface area (Å²) in [6.07, 6.45) is 1.98. The van der Waals surface area contributed by atoms with E-state index in [1.54, 1.807) is 30.5 Å². The van der Waals surface area contributed by atoms with Crippen molar-refractivity contribution in [2.45, 2.75) is 13.3 Å². The number of hydrogen-bond donors (Lipinski definition) is 0. The minimum atomic E-state index is -3.36. The van der Waals surface area contributed by atoms with Gasteiger partial charge in [-0.05, 0) is 31.5 Å². The van der Waals surface area contributed by atoms with Crippen molar-refractivity contribution in [2.24, 2.45) is 0 Å². The standard InChI is InChI=1S/C21H28Cl2N4O5S/c1-2-31-12-13-32-20-19(16-24-27(21(20)28)18-6-3-5-17(23)15-18)25-8-10-26(11-9-25)33(29,30)14-4-7-22/h3,5-6,15-16H,2,4,7-14H2,1H3. The Labute approximate surface area is 203 Å². The van der Waals surface area contributed by atoms with Crippen molar-refractivity contribution in [3.8, 4) is 11.4 Å². The number of aromatic nitrogens is 2. The van der Waals surface area contributed by atoms with Crippen LogP contribution >= 0.6 is 23.2 Å². The summed E-state index contributed by atoms with van der Waals surface area (Å²) in [4.78, 5) is 15.2. The summed E-state index contributed by atoms with van der Waals surface area (Å²) < 4.78 is 38.8. The SMILES string of the molecule is CCOCCOc1c(N2CCN(S(=O)(=O)CCCCl)CC2)cnn(-c2cccc(Cl)c2)c1=O. The highest BCUT2D eigenvalue weighted by molar-refractivity contribution is 7.89. The Bertz CT molecular complexity index is 1090. The summed E-state index contributed by atoms with van der Waals surface area (Å²) in [5, 5.41) is 4.81. The second-order valence-corrected chi connectivity index (χ2v) is 10.2.